The number of nitrogens with one attached hydrogen (secondary N) is 1. The molecule has 1 aliphatic carbocycles. The van der Waals surface area contributed by atoms with Crippen molar-refractivity contribution in [1.29, 1.82) is 0 Å². The van der Waals surface area contributed by atoms with E-state index in [1.807, 2.05) is 51.1 Å². The summed E-state index contributed by atoms with van der Waals surface area (Å²) in [7, 11) is 0. The van der Waals surface area contributed by atoms with Crippen LogP contribution in [0.15, 0.2) is 30.3 Å². The summed E-state index contributed by atoms with van der Waals surface area (Å²) in [5.74, 6) is 0.662. The fraction of sp³-hybridized carbons (Fsp3) is 0.655. The van der Waals surface area contributed by atoms with Crippen LogP contribution in [0.25, 0.3) is 6.08 Å². The molecule has 0 unspecified atom stereocenters. The molecule has 1 N–H and O–H groups in total. The zero-order valence-electron chi connectivity index (χ0n) is 21.7. The molecule has 0 heterocycles. The Morgan fingerprint density at radius 2 is 1.62 bits per heavy atom. The van der Waals surface area contributed by atoms with Gasteiger partial charge >= 0.3 is 5.97 Å². The van der Waals surface area contributed by atoms with Gasteiger partial charge in [-0.3, -0.25) is 9.59 Å². The number of benzene rings is 1. The number of rotatable bonds is 14. The first kappa shape index (κ1) is 27.9. The van der Waals surface area contributed by atoms with Crippen LogP contribution in [0.3, 0.4) is 0 Å². The zero-order valence-corrected chi connectivity index (χ0v) is 21.7. The lowest BCUT2D eigenvalue weighted by Gasteiger charge is -2.31. The van der Waals surface area contributed by atoms with Crippen molar-refractivity contribution >= 4 is 18.0 Å². The molecule has 0 aliphatic heterocycles. The lowest BCUT2D eigenvalue weighted by molar-refractivity contribution is -0.161. The van der Waals surface area contributed by atoms with Crippen LogP contribution in [0.4, 0.5) is 0 Å². The van der Waals surface area contributed by atoms with E-state index >= 15 is 0 Å². The molecule has 1 saturated carbocycles. The predicted molar refractivity (Wildman–Crippen MR) is 139 cm³/mol. The van der Waals surface area contributed by atoms with Crippen LogP contribution in [0.5, 0.6) is 5.75 Å². The molecule has 1 fully saturated rings. The highest BCUT2D eigenvalue weighted by atomic mass is 16.5. The number of amides is 1. The van der Waals surface area contributed by atoms with Gasteiger partial charge in [0.25, 0.3) is 0 Å². The standard InChI is InChI=1S/C29H45NO4/c1-5-7-8-9-10-11-22-33-25-17-12-23(13-18-25)14-21-27(31)30-24-15-19-26(20-16-24)34-28(32)29(3,4)6-2/h12-14,17-18,21,24,26H,5-11,15-16,19-20,22H2,1-4H3,(H,30,31)/b21-14+. The first-order valence-corrected chi connectivity index (χ1v) is 13.3. The van der Waals surface area contributed by atoms with E-state index in [-0.39, 0.29) is 24.0 Å². The molecule has 0 saturated heterocycles. The van der Waals surface area contributed by atoms with Crippen LogP contribution in [0.1, 0.15) is 104 Å². The summed E-state index contributed by atoms with van der Waals surface area (Å²) in [4.78, 5) is 24.6. The van der Waals surface area contributed by atoms with Crippen LogP contribution in [0.2, 0.25) is 0 Å². The van der Waals surface area contributed by atoms with E-state index in [9.17, 15) is 9.59 Å². The van der Waals surface area contributed by atoms with Crippen LogP contribution in [-0.4, -0.2) is 30.6 Å². The molecule has 0 bridgehead atoms. The van der Waals surface area contributed by atoms with Gasteiger partial charge < -0.3 is 14.8 Å². The molecular weight excluding hydrogens is 426 g/mol. The zero-order chi connectivity index (χ0) is 24.8. The molecule has 0 aromatic heterocycles. The number of hydrogen-bond acceptors (Lipinski definition) is 4. The van der Waals surface area contributed by atoms with Crippen molar-refractivity contribution in [3.8, 4) is 5.75 Å². The van der Waals surface area contributed by atoms with Crippen LogP contribution < -0.4 is 10.1 Å². The summed E-state index contributed by atoms with van der Waals surface area (Å²) in [5.41, 5.74) is 0.532. The van der Waals surface area contributed by atoms with Crippen LogP contribution >= 0.6 is 0 Å². The van der Waals surface area contributed by atoms with E-state index in [1.165, 1.54) is 32.1 Å². The molecule has 2 rings (SSSR count). The quantitative estimate of drug-likeness (QED) is 0.183. The average Bonchev–Trinajstić information content (AvgIpc) is 2.84. The van der Waals surface area contributed by atoms with Gasteiger partial charge in [0.2, 0.25) is 5.91 Å². The molecule has 0 radical (unpaired) electrons. The second kappa shape index (κ2) is 14.9. The molecule has 34 heavy (non-hydrogen) atoms. The highest BCUT2D eigenvalue weighted by Gasteiger charge is 2.31. The fourth-order valence-electron chi connectivity index (χ4n) is 3.95. The minimum atomic E-state index is -0.436. The molecule has 0 spiro atoms. The van der Waals surface area contributed by atoms with Gasteiger partial charge in [-0.2, -0.15) is 0 Å². The van der Waals surface area contributed by atoms with Gasteiger partial charge in [-0.05, 0) is 76.1 Å². The van der Waals surface area contributed by atoms with Crippen molar-refractivity contribution in [2.24, 2.45) is 5.41 Å². The third-order valence-corrected chi connectivity index (χ3v) is 6.80. The van der Waals surface area contributed by atoms with Crippen molar-refractivity contribution in [2.45, 2.75) is 110 Å². The SMILES string of the molecule is CCCCCCCCOc1ccc(/C=C/C(=O)NC2CCC(OC(=O)C(C)(C)CC)CC2)cc1. The van der Waals surface area contributed by atoms with Crippen molar-refractivity contribution in [1.82, 2.24) is 5.32 Å². The minimum Gasteiger partial charge on any atom is -0.494 e. The lowest BCUT2D eigenvalue weighted by Crippen LogP contribution is -2.39. The molecule has 0 atom stereocenters. The lowest BCUT2D eigenvalue weighted by atomic mass is 9.89. The van der Waals surface area contributed by atoms with Gasteiger partial charge in [0, 0.05) is 12.1 Å². The molecule has 1 aromatic carbocycles. The Morgan fingerprint density at radius 3 is 2.26 bits per heavy atom. The summed E-state index contributed by atoms with van der Waals surface area (Å²) in [6.07, 6.45) is 14.9. The number of carbonyl (C=O) groups excluding carboxylic acids is 2. The highest BCUT2D eigenvalue weighted by molar-refractivity contribution is 5.91. The molecule has 1 amide bonds. The Bertz CT molecular complexity index is 761. The Morgan fingerprint density at radius 1 is 0.971 bits per heavy atom. The van der Waals surface area contributed by atoms with E-state index < -0.39 is 5.41 Å². The summed E-state index contributed by atoms with van der Waals surface area (Å²) < 4.78 is 11.5. The fourth-order valence-corrected chi connectivity index (χ4v) is 3.95. The Balaban J connectivity index is 1.65. The van der Waals surface area contributed by atoms with Crippen molar-refractivity contribution in [2.75, 3.05) is 6.61 Å². The Hall–Kier alpha value is -2.30. The van der Waals surface area contributed by atoms with Gasteiger partial charge in [0.15, 0.2) is 0 Å². The van der Waals surface area contributed by atoms with Crippen LogP contribution in [0, 0.1) is 5.41 Å². The number of hydrogen-bond donors (Lipinski definition) is 1. The van der Waals surface area contributed by atoms with E-state index in [1.54, 1.807) is 6.08 Å². The molecular formula is C29H45NO4. The largest absolute Gasteiger partial charge is 0.494 e. The third kappa shape index (κ3) is 10.3. The molecule has 190 valence electrons. The van der Waals surface area contributed by atoms with Gasteiger partial charge in [0.1, 0.15) is 11.9 Å². The van der Waals surface area contributed by atoms with E-state index in [0.29, 0.717) is 0 Å². The predicted octanol–water partition coefficient (Wildman–Crippen LogP) is 6.85. The topological polar surface area (TPSA) is 64.6 Å². The second-order valence-corrected chi connectivity index (χ2v) is 10.1. The number of ether oxygens (including phenoxy) is 2. The number of carbonyl (C=O) groups is 2. The molecule has 1 aliphatic rings. The normalized spacial score (nSPS) is 18.6. The molecule has 5 nitrogen and oxygen atoms in total. The average molecular weight is 472 g/mol. The summed E-state index contributed by atoms with van der Waals surface area (Å²) in [5, 5.41) is 3.08. The van der Waals surface area contributed by atoms with E-state index in [2.05, 4.69) is 12.2 Å². The Kier molecular flexibility index (Phi) is 12.2. The summed E-state index contributed by atoms with van der Waals surface area (Å²) in [6, 6.07) is 7.98. The molecule has 5 heteroatoms. The first-order chi connectivity index (χ1) is 16.3. The highest BCUT2D eigenvalue weighted by Crippen LogP contribution is 2.27. The smallest absolute Gasteiger partial charge is 0.311 e. The monoisotopic (exact) mass is 471 g/mol. The first-order valence-electron chi connectivity index (χ1n) is 13.3. The minimum absolute atomic E-state index is 0.0381. The van der Waals surface area contributed by atoms with E-state index in [4.69, 9.17) is 9.47 Å². The van der Waals surface area contributed by atoms with Crippen molar-refractivity contribution in [3.63, 3.8) is 0 Å². The number of esters is 1. The maximum absolute atomic E-state index is 12.3. The number of unbranched alkanes of at least 4 members (excludes halogenated alkanes) is 5. The van der Waals surface area contributed by atoms with Gasteiger partial charge in [-0.15, -0.1) is 0 Å². The van der Waals surface area contributed by atoms with Gasteiger partial charge in [0.05, 0.1) is 12.0 Å². The van der Waals surface area contributed by atoms with Crippen molar-refractivity contribution < 1.29 is 19.1 Å². The maximum atomic E-state index is 12.3. The summed E-state index contributed by atoms with van der Waals surface area (Å²) in [6.45, 7) is 8.83. The van der Waals surface area contributed by atoms with Crippen LogP contribution in [-0.2, 0) is 14.3 Å². The summed E-state index contributed by atoms with van der Waals surface area (Å²) >= 11 is 0. The van der Waals surface area contributed by atoms with E-state index in [0.717, 1.165) is 56.4 Å². The van der Waals surface area contributed by atoms with Gasteiger partial charge in [-0.1, -0.05) is 58.1 Å². The Labute approximate surface area is 206 Å². The van der Waals surface area contributed by atoms with Crippen molar-refractivity contribution in [3.05, 3.63) is 35.9 Å². The second-order valence-electron chi connectivity index (χ2n) is 10.1. The van der Waals surface area contributed by atoms with Gasteiger partial charge in [-0.25, -0.2) is 0 Å². The third-order valence-electron chi connectivity index (χ3n) is 6.80. The maximum Gasteiger partial charge on any atom is 0.311 e. The molecule has 1 aromatic rings.